The Bertz CT molecular complexity index is 262. The fourth-order valence-corrected chi connectivity index (χ4v) is 1.45. The van der Waals surface area contributed by atoms with Crippen molar-refractivity contribution in [1.82, 2.24) is 0 Å². The van der Waals surface area contributed by atoms with Crippen LogP contribution in [-0.4, -0.2) is 13.1 Å². The van der Waals surface area contributed by atoms with Crippen LogP contribution in [0.1, 0.15) is 15.2 Å². The number of halogens is 1. The summed E-state index contributed by atoms with van der Waals surface area (Å²) in [4.78, 5) is 11.9. The maximum absolute atomic E-state index is 10.9. The molecule has 0 radical (unpaired) electrons. The fraction of sp³-hybridized carbons (Fsp3) is 0.286. The number of carbonyl (C=O) groups is 1. The van der Waals surface area contributed by atoms with Gasteiger partial charge in [0.15, 0.2) is 0 Å². The summed E-state index contributed by atoms with van der Waals surface area (Å²) in [5.41, 5.74) is 5.94. The number of rotatable bonds is 2. The molecule has 12 heavy (non-hydrogen) atoms. The molecule has 0 aromatic carbocycles. The van der Waals surface area contributed by atoms with Gasteiger partial charge in [-0.25, -0.2) is 4.79 Å². The van der Waals surface area contributed by atoms with Crippen LogP contribution in [0.15, 0.2) is 11.4 Å². The third kappa shape index (κ3) is 2.48. The highest BCUT2D eigenvalue weighted by molar-refractivity contribution is 7.10. The average Bonchev–Trinajstić information content (AvgIpc) is 2.50. The van der Waals surface area contributed by atoms with Crippen LogP contribution in [0.3, 0.4) is 0 Å². The molecule has 0 aliphatic carbocycles. The zero-order valence-corrected chi connectivity index (χ0v) is 8.21. The summed E-state index contributed by atoms with van der Waals surface area (Å²) in [5, 5.41) is 1.74. The molecule has 0 bridgehead atoms. The van der Waals surface area contributed by atoms with Crippen molar-refractivity contribution in [3.05, 3.63) is 21.9 Å². The van der Waals surface area contributed by atoms with E-state index < -0.39 is 0 Å². The van der Waals surface area contributed by atoms with Crippen molar-refractivity contribution >= 4 is 29.7 Å². The number of thiophene rings is 1. The maximum Gasteiger partial charge on any atom is 0.338 e. The lowest BCUT2D eigenvalue weighted by Gasteiger charge is -1.91. The number of ether oxygens (including phenoxy) is 1. The summed E-state index contributed by atoms with van der Waals surface area (Å²) < 4.78 is 4.52. The zero-order valence-electron chi connectivity index (χ0n) is 6.57. The Morgan fingerprint density at radius 2 is 2.42 bits per heavy atom. The Labute approximate surface area is 80.9 Å². The highest BCUT2D eigenvalue weighted by atomic mass is 35.5. The van der Waals surface area contributed by atoms with Gasteiger partial charge in [-0.05, 0) is 6.07 Å². The third-order valence-corrected chi connectivity index (χ3v) is 2.24. The average molecular weight is 208 g/mol. The second-order valence-corrected chi connectivity index (χ2v) is 2.99. The molecule has 2 N–H and O–H groups in total. The van der Waals surface area contributed by atoms with Crippen molar-refractivity contribution in [2.45, 2.75) is 6.54 Å². The van der Waals surface area contributed by atoms with Gasteiger partial charge in [0.2, 0.25) is 0 Å². The lowest BCUT2D eigenvalue weighted by molar-refractivity contribution is 0.0601. The first-order chi connectivity index (χ1) is 5.27. The van der Waals surface area contributed by atoms with Gasteiger partial charge in [0.1, 0.15) is 0 Å². The van der Waals surface area contributed by atoms with Gasteiger partial charge in [0.05, 0.1) is 12.7 Å². The van der Waals surface area contributed by atoms with Crippen LogP contribution in [0.4, 0.5) is 0 Å². The molecule has 0 saturated carbocycles. The molecule has 0 aliphatic rings. The molecule has 0 unspecified atom stereocenters. The van der Waals surface area contributed by atoms with Crippen LogP contribution < -0.4 is 5.73 Å². The highest BCUT2D eigenvalue weighted by Gasteiger charge is 2.06. The largest absolute Gasteiger partial charge is 0.465 e. The van der Waals surface area contributed by atoms with Crippen LogP contribution >= 0.6 is 23.7 Å². The number of esters is 1. The molecule has 0 fully saturated rings. The van der Waals surface area contributed by atoms with Crippen molar-refractivity contribution in [3.8, 4) is 0 Å². The first kappa shape index (κ1) is 11.4. The van der Waals surface area contributed by atoms with Gasteiger partial charge in [0.25, 0.3) is 0 Å². The van der Waals surface area contributed by atoms with E-state index in [9.17, 15) is 4.79 Å². The number of nitrogens with two attached hydrogens (primary N) is 1. The van der Waals surface area contributed by atoms with Crippen molar-refractivity contribution in [2.75, 3.05) is 7.11 Å². The Hall–Kier alpha value is -0.580. The molecule has 0 amide bonds. The molecule has 1 rings (SSSR count). The van der Waals surface area contributed by atoms with E-state index >= 15 is 0 Å². The van der Waals surface area contributed by atoms with Crippen LogP contribution in [0, 0.1) is 0 Å². The van der Waals surface area contributed by atoms with Gasteiger partial charge in [-0.15, -0.1) is 23.7 Å². The lowest BCUT2D eigenvalue weighted by Crippen LogP contribution is -1.99. The van der Waals surface area contributed by atoms with Gasteiger partial charge >= 0.3 is 5.97 Å². The summed E-state index contributed by atoms with van der Waals surface area (Å²) in [7, 11) is 1.36. The molecule has 5 heteroatoms. The van der Waals surface area contributed by atoms with E-state index in [1.165, 1.54) is 18.4 Å². The van der Waals surface area contributed by atoms with E-state index in [0.717, 1.165) is 4.88 Å². The zero-order chi connectivity index (χ0) is 8.27. The summed E-state index contributed by atoms with van der Waals surface area (Å²) in [6.45, 7) is 0.474. The molecule has 3 nitrogen and oxygen atoms in total. The van der Waals surface area contributed by atoms with Crippen molar-refractivity contribution in [2.24, 2.45) is 5.73 Å². The van der Waals surface area contributed by atoms with Gasteiger partial charge in [-0.1, -0.05) is 0 Å². The van der Waals surface area contributed by atoms with E-state index in [4.69, 9.17) is 5.73 Å². The number of hydrogen-bond donors (Lipinski definition) is 1. The maximum atomic E-state index is 10.9. The second kappa shape index (κ2) is 5.13. The summed E-state index contributed by atoms with van der Waals surface area (Å²) in [6.07, 6.45) is 0. The van der Waals surface area contributed by atoms with Crippen LogP contribution in [0.2, 0.25) is 0 Å². The molecule has 0 aliphatic heterocycles. The Kier molecular flexibility index (Phi) is 4.89. The molecule has 1 aromatic rings. The standard InChI is InChI=1S/C7H9NO2S.ClH/c1-10-7(9)5-2-6(3-8)11-4-5;/h2,4H,3,8H2,1H3;1H. The summed E-state index contributed by atoms with van der Waals surface area (Å²) in [6, 6.07) is 1.75. The summed E-state index contributed by atoms with van der Waals surface area (Å²) in [5.74, 6) is -0.305. The molecule has 0 atom stereocenters. The normalized spacial score (nSPS) is 8.83. The summed E-state index contributed by atoms with van der Waals surface area (Å²) >= 11 is 1.47. The Morgan fingerprint density at radius 1 is 1.75 bits per heavy atom. The second-order valence-electron chi connectivity index (χ2n) is 2.00. The molecular weight excluding hydrogens is 198 g/mol. The van der Waals surface area contributed by atoms with E-state index in [0.29, 0.717) is 12.1 Å². The van der Waals surface area contributed by atoms with Crippen molar-refractivity contribution in [1.29, 1.82) is 0 Å². The Morgan fingerprint density at radius 3 is 2.83 bits per heavy atom. The van der Waals surface area contributed by atoms with E-state index in [-0.39, 0.29) is 18.4 Å². The quantitative estimate of drug-likeness (QED) is 0.747. The van der Waals surface area contributed by atoms with Crippen LogP contribution in [0.5, 0.6) is 0 Å². The minimum absolute atomic E-state index is 0. The van der Waals surface area contributed by atoms with Gasteiger partial charge in [0, 0.05) is 16.8 Å². The monoisotopic (exact) mass is 207 g/mol. The van der Waals surface area contributed by atoms with E-state index in [1.54, 1.807) is 11.4 Å². The number of methoxy groups -OCH3 is 1. The molecule has 1 aromatic heterocycles. The highest BCUT2D eigenvalue weighted by Crippen LogP contribution is 2.14. The predicted molar refractivity (Wildman–Crippen MR) is 50.8 cm³/mol. The van der Waals surface area contributed by atoms with Crippen LogP contribution in [-0.2, 0) is 11.3 Å². The topological polar surface area (TPSA) is 52.3 Å². The van der Waals surface area contributed by atoms with E-state index in [2.05, 4.69) is 4.74 Å². The number of carbonyl (C=O) groups excluding carboxylic acids is 1. The SMILES string of the molecule is COC(=O)c1csc(CN)c1.Cl. The molecular formula is C7H10ClNO2S. The minimum Gasteiger partial charge on any atom is -0.465 e. The molecule has 0 spiro atoms. The lowest BCUT2D eigenvalue weighted by atomic mass is 10.3. The van der Waals surface area contributed by atoms with Gasteiger partial charge in [-0.2, -0.15) is 0 Å². The first-order valence-electron chi connectivity index (χ1n) is 3.13. The van der Waals surface area contributed by atoms with E-state index in [1.807, 2.05) is 0 Å². The van der Waals surface area contributed by atoms with Crippen molar-refractivity contribution < 1.29 is 9.53 Å². The fourth-order valence-electron chi connectivity index (χ4n) is 0.713. The minimum atomic E-state index is -0.305. The molecule has 1 heterocycles. The predicted octanol–water partition coefficient (Wildman–Crippen LogP) is 1.42. The molecule has 0 saturated heterocycles. The third-order valence-electron chi connectivity index (χ3n) is 1.28. The smallest absolute Gasteiger partial charge is 0.338 e. The molecule has 68 valence electrons. The van der Waals surface area contributed by atoms with Crippen LogP contribution in [0.25, 0.3) is 0 Å². The number of hydrogen-bond acceptors (Lipinski definition) is 4. The van der Waals surface area contributed by atoms with Crippen molar-refractivity contribution in [3.63, 3.8) is 0 Å². The van der Waals surface area contributed by atoms with Gasteiger partial charge in [-0.3, -0.25) is 0 Å². The first-order valence-corrected chi connectivity index (χ1v) is 4.01. The van der Waals surface area contributed by atoms with Gasteiger partial charge < -0.3 is 10.5 Å². The Balaban J connectivity index is 0.00000121.